The molecule has 0 aromatic carbocycles. The van der Waals surface area contributed by atoms with Crippen LogP contribution in [0.15, 0.2) is 0 Å². The normalized spacial score (nSPS) is 31.2. The highest BCUT2D eigenvalue weighted by molar-refractivity contribution is 8.01. The molecule has 2 atom stereocenters. The van der Waals surface area contributed by atoms with Crippen LogP contribution in [-0.2, 0) is 19.9 Å². The molecular weight excluding hydrogens is 308 g/mol. The number of thioether (sulfide) groups is 1. The van der Waals surface area contributed by atoms with E-state index in [9.17, 15) is 16.8 Å². The first-order chi connectivity index (χ1) is 8.83. The van der Waals surface area contributed by atoms with Crippen LogP contribution < -0.4 is 5.32 Å². The summed E-state index contributed by atoms with van der Waals surface area (Å²) in [6, 6.07) is 0. The summed E-state index contributed by atoms with van der Waals surface area (Å²) in [5.41, 5.74) is 0. The average molecular weight is 328 g/mol. The van der Waals surface area contributed by atoms with E-state index in [2.05, 4.69) is 5.32 Å². The number of hydrogen-bond acceptors (Lipinski definition) is 6. The van der Waals surface area contributed by atoms with Gasteiger partial charge in [0.2, 0.25) is 10.0 Å². The van der Waals surface area contributed by atoms with E-state index < -0.39 is 30.5 Å². The Bertz CT molecular complexity index is 511. The van der Waals surface area contributed by atoms with E-state index in [0.717, 1.165) is 19.2 Å². The van der Waals surface area contributed by atoms with Crippen LogP contribution in [0.1, 0.15) is 12.8 Å². The molecule has 9 heteroatoms. The summed E-state index contributed by atoms with van der Waals surface area (Å²) in [6.07, 6.45) is 2.54. The van der Waals surface area contributed by atoms with Gasteiger partial charge in [0.15, 0.2) is 9.84 Å². The van der Waals surface area contributed by atoms with E-state index in [1.165, 1.54) is 16.1 Å². The molecule has 2 fully saturated rings. The first-order valence-electron chi connectivity index (χ1n) is 6.31. The van der Waals surface area contributed by atoms with Gasteiger partial charge in [0, 0.05) is 30.9 Å². The highest BCUT2D eigenvalue weighted by atomic mass is 32.2. The Morgan fingerprint density at radius 1 is 1.26 bits per heavy atom. The van der Waals surface area contributed by atoms with Gasteiger partial charge in [-0.25, -0.2) is 16.8 Å². The molecule has 0 aliphatic carbocycles. The molecule has 6 nitrogen and oxygen atoms in total. The molecule has 0 amide bonds. The van der Waals surface area contributed by atoms with E-state index in [1.54, 1.807) is 0 Å². The van der Waals surface area contributed by atoms with Crippen LogP contribution in [0.3, 0.4) is 0 Å². The summed E-state index contributed by atoms with van der Waals surface area (Å²) in [7, 11) is -6.93. The fourth-order valence-corrected chi connectivity index (χ4v) is 8.11. The van der Waals surface area contributed by atoms with Crippen molar-refractivity contribution in [1.82, 2.24) is 9.62 Å². The maximum Gasteiger partial charge on any atom is 0.219 e. The van der Waals surface area contributed by atoms with Crippen LogP contribution >= 0.6 is 11.8 Å². The molecular formula is C10H20N2O4S3. The van der Waals surface area contributed by atoms with Crippen molar-refractivity contribution in [3.05, 3.63) is 0 Å². The SMILES string of the molecule is CS(=O)(=O)C1CSCCN1S(=O)(=O)C1CCCNC1. The quantitative estimate of drug-likeness (QED) is 0.751. The van der Waals surface area contributed by atoms with Crippen molar-refractivity contribution in [3.63, 3.8) is 0 Å². The van der Waals surface area contributed by atoms with Crippen LogP contribution in [0.2, 0.25) is 0 Å². The number of nitrogens with one attached hydrogen (secondary N) is 1. The monoisotopic (exact) mass is 328 g/mol. The summed E-state index contributed by atoms with van der Waals surface area (Å²) in [6.45, 7) is 1.54. The van der Waals surface area contributed by atoms with Gasteiger partial charge in [-0.05, 0) is 19.4 Å². The van der Waals surface area contributed by atoms with Gasteiger partial charge in [0.1, 0.15) is 5.37 Å². The zero-order chi connectivity index (χ0) is 14.1. The zero-order valence-corrected chi connectivity index (χ0v) is 13.4. The maximum atomic E-state index is 12.6. The van der Waals surface area contributed by atoms with E-state index in [1.807, 2.05) is 0 Å². The van der Waals surface area contributed by atoms with E-state index >= 15 is 0 Å². The molecule has 0 bridgehead atoms. The second kappa shape index (κ2) is 5.88. The largest absolute Gasteiger partial charge is 0.315 e. The second-order valence-corrected chi connectivity index (χ2v) is 10.5. The smallest absolute Gasteiger partial charge is 0.219 e. The van der Waals surface area contributed by atoms with E-state index in [4.69, 9.17) is 0 Å². The Morgan fingerprint density at radius 2 is 2.00 bits per heavy atom. The van der Waals surface area contributed by atoms with Crippen molar-refractivity contribution in [2.24, 2.45) is 0 Å². The Kier molecular flexibility index (Phi) is 4.82. The summed E-state index contributed by atoms with van der Waals surface area (Å²) in [4.78, 5) is 0. The standard InChI is InChI=1S/C10H20N2O4S3/c1-18(13,14)10-8-17-6-5-12(10)19(15,16)9-3-2-4-11-7-9/h9-11H,2-8H2,1H3. The molecule has 2 saturated heterocycles. The predicted molar refractivity (Wildman–Crippen MR) is 77.5 cm³/mol. The van der Waals surface area contributed by atoms with Crippen molar-refractivity contribution in [3.8, 4) is 0 Å². The minimum absolute atomic E-state index is 0.293. The highest BCUT2D eigenvalue weighted by Gasteiger charge is 2.42. The van der Waals surface area contributed by atoms with Crippen LogP contribution in [0.25, 0.3) is 0 Å². The Morgan fingerprint density at radius 3 is 2.58 bits per heavy atom. The van der Waals surface area contributed by atoms with Gasteiger partial charge in [-0.15, -0.1) is 0 Å². The van der Waals surface area contributed by atoms with Gasteiger partial charge in [-0.3, -0.25) is 0 Å². The van der Waals surface area contributed by atoms with Crippen molar-refractivity contribution >= 4 is 31.6 Å². The number of nitrogens with zero attached hydrogens (tertiary/aromatic N) is 1. The molecule has 0 spiro atoms. The minimum atomic E-state index is -3.54. The zero-order valence-electron chi connectivity index (χ0n) is 10.9. The van der Waals surface area contributed by atoms with E-state index in [-0.39, 0.29) is 0 Å². The summed E-state index contributed by atoms with van der Waals surface area (Å²) in [5, 5.41) is 1.68. The first kappa shape index (κ1) is 15.6. The number of sulfone groups is 1. The lowest BCUT2D eigenvalue weighted by atomic mass is 10.2. The Hall–Kier alpha value is 0.170. The number of piperidine rings is 1. The van der Waals surface area contributed by atoms with Crippen LogP contribution in [-0.4, -0.2) is 69.2 Å². The molecule has 2 heterocycles. The predicted octanol–water partition coefficient (Wildman–Crippen LogP) is -0.512. The molecule has 2 aliphatic heterocycles. The molecule has 2 aliphatic rings. The van der Waals surface area contributed by atoms with Gasteiger partial charge >= 0.3 is 0 Å². The second-order valence-electron chi connectivity index (χ2n) is 4.98. The lowest BCUT2D eigenvalue weighted by molar-refractivity contribution is 0.386. The molecule has 0 aromatic heterocycles. The van der Waals surface area contributed by atoms with Gasteiger partial charge in [-0.2, -0.15) is 16.1 Å². The fraction of sp³-hybridized carbons (Fsp3) is 1.00. The van der Waals surface area contributed by atoms with Crippen LogP contribution in [0.5, 0.6) is 0 Å². The summed E-state index contributed by atoms with van der Waals surface area (Å²) >= 11 is 1.50. The van der Waals surface area contributed by atoms with Gasteiger partial charge in [0.05, 0.1) is 5.25 Å². The third-order valence-corrected chi connectivity index (χ3v) is 8.64. The van der Waals surface area contributed by atoms with Crippen molar-refractivity contribution in [2.75, 3.05) is 37.4 Å². The fourth-order valence-electron chi connectivity index (χ4n) is 2.46. The van der Waals surface area contributed by atoms with Gasteiger partial charge in [-0.1, -0.05) is 0 Å². The first-order valence-corrected chi connectivity index (χ1v) is 10.9. The maximum absolute atomic E-state index is 12.6. The van der Waals surface area contributed by atoms with Crippen molar-refractivity contribution in [2.45, 2.75) is 23.5 Å². The number of rotatable bonds is 3. The average Bonchev–Trinajstić information content (AvgIpc) is 2.39. The van der Waals surface area contributed by atoms with Crippen LogP contribution in [0, 0.1) is 0 Å². The molecule has 2 rings (SSSR count). The molecule has 0 radical (unpaired) electrons. The van der Waals surface area contributed by atoms with Crippen molar-refractivity contribution < 1.29 is 16.8 Å². The summed E-state index contributed by atoms with van der Waals surface area (Å²) in [5.74, 6) is 0.990. The van der Waals surface area contributed by atoms with E-state index in [0.29, 0.717) is 31.0 Å². The van der Waals surface area contributed by atoms with Crippen LogP contribution in [0.4, 0.5) is 0 Å². The number of sulfonamides is 1. The van der Waals surface area contributed by atoms with Gasteiger partial charge in [0.25, 0.3) is 0 Å². The highest BCUT2D eigenvalue weighted by Crippen LogP contribution is 2.27. The number of hydrogen-bond donors (Lipinski definition) is 1. The minimum Gasteiger partial charge on any atom is -0.315 e. The lowest BCUT2D eigenvalue weighted by Crippen LogP contribution is -2.55. The molecule has 1 N–H and O–H groups in total. The Labute approximate surface area is 119 Å². The third kappa shape index (κ3) is 3.44. The third-order valence-electron chi connectivity index (χ3n) is 3.53. The lowest BCUT2D eigenvalue weighted by Gasteiger charge is -2.36. The molecule has 0 aromatic rings. The molecule has 2 unspecified atom stereocenters. The summed E-state index contributed by atoms with van der Waals surface area (Å²) < 4.78 is 50.0. The topological polar surface area (TPSA) is 83.6 Å². The van der Waals surface area contributed by atoms with Crippen molar-refractivity contribution in [1.29, 1.82) is 0 Å². The molecule has 19 heavy (non-hydrogen) atoms. The molecule has 0 saturated carbocycles. The Balaban J connectivity index is 2.26. The van der Waals surface area contributed by atoms with Gasteiger partial charge < -0.3 is 5.32 Å². The molecule has 112 valence electrons.